The van der Waals surface area contributed by atoms with Crippen molar-refractivity contribution in [3.63, 3.8) is 0 Å². The number of benzene rings is 1. The molecule has 8 atom stereocenters. The molecule has 0 spiro atoms. The van der Waals surface area contributed by atoms with Crippen molar-refractivity contribution in [3.05, 3.63) is 35.9 Å². The minimum Gasteiger partial charge on any atom is -0.388 e. The van der Waals surface area contributed by atoms with Crippen LogP contribution >= 0.6 is 0 Å². The third-order valence-corrected chi connectivity index (χ3v) is 8.97. The summed E-state index contributed by atoms with van der Waals surface area (Å²) in [5.74, 6) is 0.536. The Kier molecular flexibility index (Phi) is 13.4. The number of hydrogen-bond donors (Lipinski definition) is 1. The topological polar surface area (TPSA) is 79.3 Å². The summed E-state index contributed by atoms with van der Waals surface area (Å²) >= 11 is 0. The summed E-state index contributed by atoms with van der Waals surface area (Å²) in [6.45, 7) is 13.2. The molecule has 1 heterocycles. The van der Waals surface area contributed by atoms with E-state index in [1.165, 1.54) is 0 Å². The predicted octanol–water partition coefficient (Wildman–Crippen LogP) is 5.32. The number of carbonyl (C=O) groups excluding carboxylic acids is 2. The van der Waals surface area contributed by atoms with Gasteiger partial charge in [0.15, 0.2) is 0 Å². The molecule has 1 aromatic carbocycles. The van der Waals surface area contributed by atoms with Gasteiger partial charge in [0.1, 0.15) is 0 Å². The van der Waals surface area contributed by atoms with E-state index in [1.807, 2.05) is 61.0 Å². The van der Waals surface area contributed by atoms with Crippen molar-refractivity contribution >= 4 is 11.8 Å². The SMILES string of the molecule is CC[C@H](C)[C@@H]([C@@H](CC(=O)N1CCC[C@H]1C(OC)[C@@H](C)[C@H](C)C(O)c1ccccc1)OC)N(C)C(=O)CC(C)C. The average molecular weight is 547 g/mol. The second-order valence-corrected chi connectivity index (χ2v) is 12.0. The van der Waals surface area contributed by atoms with Crippen molar-refractivity contribution in [2.45, 2.75) is 104 Å². The summed E-state index contributed by atoms with van der Waals surface area (Å²) in [5, 5.41) is 11.1. The van der Waals surface area contributed by atoms with Gasteiger partial charge in [-0.25, -0.2) is 0 Å². The fourth-order valence-electron chi connectivity index (χ4n) is 6.24. The van der Waals surface area contributed by atoms with Crippen molar-refractivity contribution in [1.29, 1.82) is 0 Å². The van der Waals surface area contributed by atoms with Crippen LogP contribution in [0, 0.1) is 23.7 Å². The zero-order valence-corrected chi connectivity index (χ0v) is 25.8. The van der Waals surface area contributed by atoms with Crippen LogP contribution in [0.2, 0.25) is 0 Å². The van der Waals surface area contributed by atoms with Gasteiger partial charge in [-0.1, -0.05) is 78.3 Å². The van der Waals surface area contributed by atoms with Crippen LogP contribution in [0.1, 0.15) is 85.3 Å². The van der Waals surface area contributed by atoms with Gasteiger partial charge in [-0.05, 0) is 42.1 Å². The van der Waals surface area contributed by atoms with Crippen LogP contribution in [-0.2, 0) is 19.1 Å². The summed E-state index contributed by atoms with van der Waals surface area (Å²) < 4.78 is 12.0. The maximum absolute atomic E-state index is 13.8. The highest BCUT2D eigenvalue weighted by atomic mass is 16.5. The Bertz CT molecular complexity index is 879. The second-order valence-electron chi connectivity index (χ2n) is 12.0. The molecule has 0 saturated carbocycles. The molecule has 2 unspecified atom stereocenters. The van der Waals surface area contributed by atoms with Gasteiger partial charge in [-0.2, -0.15) is 0 Å². The lowest BCUT2D eigenvalue weighted by atomic mass is 9.80. The Morgan fingerprint density at radius 1 is 1.03 bits per heavy atom. The Morgan fingerprint density at radius 2 is 1.67 bits per heavy atom. The number of aliphatic hydroxyl groups is 1. The quantitative estimate of drug-likeness (QED) is 0.322. The zero-order chi connectivity index (χ0) is 29.3. The van der Waals surface area contributed by atoms with Gasteiger partial charge in [0.25, 0.3) is 0 Å². The third-order valence-electron chi connectivity index (χ3n) is 8.97. The van der Waals surface area contributed by atoms with Crippen LogP contribution in [0.15, 0.2) is 30.3 Å². The summed E-state index contributed by atoms with van der Waals surface area (Å²) in [7, 11) is 5.19. The highest BCUT2D eigenvalue weighted by Crippen LogP contribution is 2.35. The first-order valence-electron chi connectivity index (χ1n) is 14.8. The fraction of sp³-hybridized carbons (Fsp3) is 0.750. The molecule has 1 saturated heterocycles. The standard InChI is InChI=1S/C32H54N2O5/c1-10-22(4)30(33(7)28(35)19-21(2)3)27(38-8)20-29(36)34-18-14-17-26(34)32(39-9)24(6)23(5)31(37)25-15-12-11-13-16-25/h11-13,15-16,21-24,26-27,30-32,37H,10,14,17-20H2,1-9H3/t22-,23-,24-,26-,27+,30-,31?,32?/m0/s1. The van der Waals surface area contributed by atoms with Crippen molar-refractivity contribution in [2.75, 3.05) is 27.8 Å². The van der Waals surface area contributed by atoms with Crippen molar-refractivity contribution in [1.82, 2.24) is 9.80 Å². The molecule has 1 N–H and O–H groups in total. The van der Waals surface area contributed by atoms with E-state index in [9.17, 15) is 14.7 Å². The highest BCUT2D eigenvalue weighted by Gasteiger charge is 2.42. The molecule has 7 heteroatoms. The van der Waals surface area contributed by atoms with E-state index in [1.54, 1.807) is 14.2 Å². The average Bonchev–Trinajstić information content (AvgIpc) is 3.41. The predicted molar refractivity (Wildman–Crippen MR) is 156 cm³/mol. The van der Waals surface area contributed by atoms with E-state index in [0.717, 1.165) is 24.8 Å². The Hall–Kier alpha value is -1.96. The number of carbonyl (C=O) groups is 2. The minimum atomic E-state index is -0.613. The molecule has 1 fully saturated rings. The monoisotopic (exact) mass is 546 g/mol. The molecule has 2 rings (SSSR count). The Morgan fingerprint density at radius 3 is 2.21 bits per heavy atom. The third kappa shape index (κ3) is 8.51. The van der Waals surface area contributed by atoms with E-state index >= 15 is 0 Å². The van der Waals surface area contributed by atoms with Crippen molar-refractivity contribution < 1.29 is 24.2 Å². The van der Waals surface area contributed by atoms with Crippen LogP contribution in [-0.4, -0.2) is 78.8 Å². The van der Waals surface area contributed by atoms with Gasteiger partial charge in [0, 0.05) is 34.2 Å². The van der Waals surface area contributed by atoms with Gasteiger partial charge in [-0.15, -0.1) is 0 Å². The maximum atomic E-state index is 13.8. The van der Waals surface area contributed by atoms with Crippen LogP contribution in [0.5, 0.6) is 0 Å². The van der Waals surface area contributed by atoms with E-state index in [4.69, 9.17) is 9.47 Å². The van der Waals surface area contributed by atoms with Crippen LogP contribution in [0.3, 0.4) is 0 Å². The molecule has 1 aliphatic heterocycles. The van der Waals surface area contributed by atoms with Gasteiger partial charge in [0.2, 0.25) is 11.8 Å². The molecular formula is C32H54N2O5. The maximum Gasteiger partial charge on any atom is 0.225 e. The summed E-state index contributed by atoms with van der Waals surface area (Å²) in [6, 6.07) is 9.46. The molecular weight excluding hydrogens is 492 g/mol. The fourth-order valence-corrected chi connectivity index (χ4v) is 6.24. The molecule has 0 bridgehead atoms. The molecule has 0 aliphatic carbocycles. The second kappa shape index (κ2) is 15.7. The van der Waals surface area contributed by atoms with E-state index in [2.05, 4.69) is 27.7 Å². The molecule has 7 nitrogen and oxygen atoms in total. The normalized spacial score (nSPS) is 21.2. The molecule has 0 radical (unpaired) electrons. The van der Waals surface area contributed by atoms with Crippen molar-refractivity contribution in [3.8, 4) is 0 Å². The first-order chi connectivity index (χ1) is 18.5. The minimum absolute atomic E-state index is 0.0227. The molecule has 39 heavy (non-hydrogen) atoms. The summed E-state index contributed by atoms with van der Waals surface area (Å²) in [4.78, 5) is 30.6. The Balaban J connectivity index is 2.20. The largest absolute Gasteiger partial charge is 0.388 e. The van der Waals surface area contributed by atoms with Gasteiger partial charge in [-0.3, -0.25) is 9.59 Å². The van der Waals surface area contributed by atoms with Gasteiger partial charge in [0.05, 0.1) is 36.8 Å². The lowest BCUT2D eigenvalue weighted by Crippen LogP contribution is -2.52. The molecule has 0 aromatic heterocycles. The zero-order valence-electron chi connectivity index (χ0n) is 25.8. The number of rotatable bonds is 15. The lowest BCUT2D eigenvalue weighted by Gasteiger charge is -2.40. The van der Waals surface area contributed by atoms with Crippen LogP contribution < -0.4 is 0 Å². The number of aliphatic hydroxyl groups excluding tert-OH is 1. The number of hydrogen-bond acceptors (Lipinski definition) is 5. The first kappa shape index (κ1) is 33.2. The number of nitrogens with zero attached hydrogens (tertiary/aromatic N) is 2. The van der Waals surface area contributed by atoms with E-state index in [0.29, 0.717) is 13.0 Å². The van der Waals surface area contributed by atoms with Crippen LogP contribution in [0.4, 0.5) is 0 Å². The number of likely N-dealkylation sites (N-methyl/N-ethyl adjacent to an activating group) is 1. The number of likely N-dealkylation sites (tertiary alicyclic amines) is 1. The van der Waals surface area contributed by atoms with Gasteiger partial charge >= 0.3 is 0 Å². The smallest absolute Gasteiger partial charge is 0.225 e. The lowest BCUT2D eigenvalue weighted by molar-refractivity contribution is -0.145. The van der Waals surface area contributed by atoms with Crippen LogP contribution in [0.25, 0.3) is 0 Å². The van der Waals surface area contributed by atoms with Crippen molar-refractivity contribution in [2.24, 2.45) is 23.7 Å². The number of ether oxygens (including phenoxy) is 2. The number of methoxy groups -OCH3 is 2. The first-order valence-corrected chi connectivity index (χ1v) is 14.8. The van der Waals surface area contributed by atoms with E-state index in [-0.39, 0.29) is 60.1 Å². The molecule has 1 aliphatic rings. The number of amides is 2. The summed E-state index contributed by atoms with van der Waals surface area (Å²) in [6.07, 6.45) is 2.14. The molecule has 222 valence electrons. The molecule has 2 amide bonds. The van der Waals surface area contributed by atoms with Gasteiger partial charge < -0.3 is 24.4 Å². The highest BCUT2D eigenvalue weighted by molar-refractivity contribution is 5.78. The van der Waals surface area contributed by atoms with E-state index < -0.39 is 12.2 Å². The summed E-state index contributed by atoms with van der Waals surface area (Å²) in [5.41, 5.74) is 0.890. The Labute approximate surface area is 237 Å². The molecule has 1 aromatic rings.